The second-order valence-corrected chi connectivity index (χ2v) is 9.91. The van der Waals surface area contributed by atoms with Gasteiger partial charge >= 0.3 is 0 Å². The molecule has 2 heterocycles. The third kappa shape index (κ3) is 5.34. The molecule has 1 saturated carbocycles. The normalized spacial score (nSPS) is 14.9. The van der Waals surface area contributed by atoms with Crippen LogP contribution in [-0.4, -0.2) is 30.3 Å². The van der Waals surface area contributed by atoms with E-state index in [-0.39, 0.29) is 17.3 Å². The Kier molecular flexibility index (Phi) is 6.55. The van der Waals surface area contributed by atoms with Gasteiger partial charge in [-0.15, -0.1) is 0 Å². The highest BCUT2D eigenvalue weighted by atomic mass is 32.2. The molecule has 2 N–H and O–H groups in total. The number of rotatable bonds is 7. The molecule has 1 aliphatic carbocycles. The van der Waals surface area contributed by atoms with Gasteiger partial charge in [-0.2, -0.15) is 0 Å². The lowest BCUT2D eigenvalue weighted by atomic mass is 9.89. The van der Waals surface area contributed by atoms with E-state index in [0.717, 1.165) is 12.8 Å². The maximum absolute atomic E-state index is 12.9. The fourth-order valence-corrected chi connectivity index (χ4v) is 5.19. The van der Waals surface area contributed by atoms with Crippen molar-refractivity contribution in [2.45, 2.75) is 37.9 Å². The van der Waals surface area contributed by atoms with Gasteiger partial charge in [-0.1, -0.05) is 49.6 Å². The zero-order chi connectivity index (χ0) is 22.6. The molecule has 3 aromatic rings. The summed E-state index contributed by atoms with van der Waals surface area (Å²) in [4.78, 5) is 29.7. The van der Waals surface area contributed by atoms with E-state index in [1.165, 1.54) is 36.1 Å². The number of benzene rings is 1. The Morgan fingerprint density at radius 2 is 1.81 bits per heavy atom. The van der Waals surface area contributed by atoms with Gasteiger partial charge in [0, 0.05) is 12.7 Å². The van der Waals surface area contributed by atoms with Crippen molar-refractivity contribution in [2.24, 2.45) is 5.92 Å². The highest BCUT2D eigenvalue weighted by molar-refractivity contribution is 7.91. The molecule has 0 aliphatic heterocycles. The van der Waals surface area contributed by atoms with Crippen molar-refractivity contribution in [2.75, 3.05) is 11.3 Å². The Labute approximate surface area is 186 Å². The summed E-state index contributed by atoms with van der Waals surface area (Å²) in [5.74, 6) is -0.0397. The van der Waals surface area contributed by atoms with Crippen molar-refractivity contribution >= 4 is 27.3 Å². The summed E-state index contributed by atoms with van der Waals surface area (Å²) in [5.41, 5.74) is 0.490. The SMILES string of the molecule is O=C(NCC1CCCCC1)c1ccc2ncc(NS(=O)(=O)Cc3ccccc3)c(=O)n2c1. The van der Waals surface area contributed by atoms with Gasteiger partial charge in [0.15, 0.2) is 0 Å². The number of nitrogens with one attached hydrogen (secondary N) is 2. The van der Waals surface area contributed by atoms with Crippen LogP contribution in [0.1, 0.15) is 48.0 Å². The molecule has 32 heavy (non-hydrogen) atoms. The lowest BCUT2D eigenvalue weighted by Crippen LogP contribution is -2.31. The topological polar surface area (TPSA) is 110 Å². The van der Waals surface area contributed by atoms with Crippen LogP contribution in [0, 0.1) is 5.92 Å². The minimum Gasteiger partial charge on any atom is -0.352 e. The van der Waals surface area contributed by atoms with Gasteiger partial charge in [-0.25, -0.2) is 13.4 Å². The van der Waals surface area contributed by atoms with Crippen molar-refractivity contribution in [3.05, 3.63) is 76.3 Å². The molecule has 2 aromatic heterocycles. The molecule has 1 amide bonds. The maximum atomic E-state index is 12.9. The van der Waals surface area contributed by atoms with Crippen molar-refractivity contribution < 1.29 is 13.2 Å². The van der Waals surface area contributed by atoms with E-state index in [4.69, 9.17) is 0 Å². The van der Waals surface area contributed by atoms with Crippen LogP contribution in [0.5, 0.6) is 0 Å². The monoisotopic (exact) mass is 454 g/mol. The van der Waals surface area contributed by atoms with Crippen LogP contribution in [0.4, 0.5) is 5.69 Å². The van der Waals surface area contributed by atoms with Crippen LogP contribution in [0.3, 0.4) is 0 Å². The highest BCUT2D eigenvalue weighted by Gasteiger charge is 2.17. The molecule has 4 rings (SSSR count). The van der Waals surface area contributed by atoms with Crippen LogP contribution < -0.4 is 15.6 Å². The molecular weight excluding hydrogens is 428 g/mol. The maximum Gasteiger partial charge on any atom is 0.282 e. The average molecular weight is 455 g/mol. The number of anilines is 1. The largest absolute Gasteiger partial charge is 0.352 e. The number of hydrogen-bond donors (Lipinski definition) is 2. The number of nitrogens with zero attached hydrogens (tertiary/aromatic N) is 2. The summed E-state index contributed by atoms with van der Waals surface area (Å²) >= 11 is 0. The average Bonchev–Trinajstić information content (AvgIpc) is 2.80. The number of aromatic nitrogens is 2. The van der Waals surface area contributed by atoms with Crippen molar-refractivity contribution in [1.82, 2.24) is 14.7 Å². The highest BCUT2D eigenvalue weighted by Crippen LogP contribution is 2.22. The van der Waals surface area contributed by atoms with Crippen molar-refractivity contribution in [3.8, 4) is 0 Å². The van der Waals surface area contributed by atoms with Crippen LogP contribution in [0.15, 0.2) is 59.7 Å². The molecule has 0 radical (unpaired) electrons. The smallest absolute Gasteiger partial charge is 0.282 e. The molecule has 1 fully saturated rings. The van der Waals surface area contributed by atoms with Gasteiger partial charge in [0.25, 0.3) is 11.5 Å². The molecule has 0 saturated heterocycles. The summed E-state index contributed by atoms with van der Waals surface area (Å²) in [5, 5.41) is 2.95. The van der Waals surface area contributed by atoms with Gasteiger partial charge in [-0.05, 0) is 36.5 Å². The molecule has 0 bridgehead atoms. The van der Waals surface area contributed by atoms with E-state index in [1.54, 1.807) is 42.5 Å². The lowest BCUT2D eigenvalue weighted by Gasteiger charge is -2.21. The van der Waals surface area contributed by atoms with Gasteiger partial charge in [-0.3, -0.25) is 18.7 Å². The molecule has 0 spiro atoms. The molecule has 9 heteroatoms. The fourth-order valence-electron chi connectivity index (χ4n) is 4.01. The number of sulfonamides is 1. The number of carbonyl (C=O) groups excluding carboxylic acids is 1. The minimum atomic E-state index is -3.81. The van der Waals surface area contributed by atoms with Crippen molar-refractivity contribution in [3.63, 3.8) is 0 Å². The molecule has 0 atom stereocenters. The van der Waals surface area contributed by atoms with E-state index in [0.29, 0.717) is 29.2 Å². The minimum absolute atomic E-state index is 0.168. The number of fused-ring (bicyclic) bond motifs is 1. The van der Waals surface area contributed by atoms with Gasteiger partial charge in [0.2, 0.25) is 10.0 Å². The van der Waals surface area contributed by atoms with Crippen LogP contribution in [0.25, 0.3) is 5.65 Å². The Morgan fingerprint density at radius 1 is 1.06 bits per heavy atom. The molecule has 0 unspecified atom stereocenters. The summed E-state index contributed by atoms with van der Waals surface area (Å²) in [6.07, 6.45) is 8.48. The first-order chi connectivity index (χ1) is 15.4. The Morgan fingerprint density at radius 3 is 2.56 bits per heavy atom. The van der Waals surface area contributed by atoms with E-state index in [2.05, 4.69) is 15.0 Å². The van der Waals surface area contributed by atoms with Crippen LogP contribution in [-0.2, 0) is 15.8 Å². The number of carbonyl (C=O) groups is 1. The lowest BCUT2D eigenvalue weighted by molar-refractivity contribution is 0.0943. The molecule has 1 aromatic carbocycles. The third-order valence-electron chi connectivity index (χ3n) is 5.71. The second kappa shape index (κ2) is 9.52. The van der Waals surface area contributed by atoms with Crippen molar-refractivity contribution in [1.29, 1.82) is 0 Å². The van der Waals surface area contributed by atoms with Crippen LogP contribution in [0.2, 0.25) is 0 Å². The third-order valence-corrected chi connectivity index (χ3v) is 6.95. The quantitative estimate of drug-likeness (QED) is 0.570. The van der Waals surface area contributed by atoms with Gasteiger partial charge in [0.05, 0.1) is 17.5 Å². The zero-order valence-corrected chi connectivity index (χ0v) is 18.5. The first-order valence-electron chi connectivity index (χ1n) is 10.8. The summed E-state index contributed by atoms with van der Waals surface area (Å²) in [6, 6.07) is 11.9. The number of amides is 1. The first-order valence-corrected chi connectivity index (χ1v) is 12.4. The molecule has 168 valence electrons. The Hall–Kier alpha value is -3.20. The standard InChI is InChI=1S/C23H26N4O4S/c28-22(25-13-17-7-3-1-4-8-17)19-11-12-21-24-14-20(23(29)27(21)15-19)26-32(30,31)16-18-9-5-2-6-10-18/h2,5-6,9-12,14-15,17,26H,1,3-4,7-8,13,16H2,(H,25,28). The van der Waals surface area contributed by atoms with Gasteiger partial charge < -0.3 is 5.32 Å². The predicted molar refractivity (Wildman–Crippen MR) is 123 cm³/mol. The van der Waals surface area contributed by atoms with E-state index in [1.807, 2.05) is 0 Å². The first kappa shape index (κ1) is 22.0. The summed E-state index contributed by atoms with van der Waals surface area (Å²) < 4.78 is 28.5. The Bertz CT molecular complexity index is 1270. The van der Waals surface area contributed by atoms with E-state index in [9.17, 15) is 18.0 Å². The zero-order valence-electron chi connectivity index (χ0n) is 17.7. The molecule has 8 nitrogen and oxygen atoms in total. The molecular formula is C23H26N4O4S. The number of pyridine rings is 1. The fraction of sp³-hybridized carbons (Fsp3) is 0.348. The predicted octanol–water partition coefficient (Wildman–Crippen LogP) is 2.95. The summed E-state index contributed by atoms with van der Waals surface area (Å²) in [6.45, 7) is 0.614. The van der Waals surface area contributed by atoms with E-state index < -0.39 is 15.6 Å². The molecule has 1 aliphatic rings. The van der Waals surface area contributed by atoms with Gasteiger partial charge in [0.1, 0.15) is 11.3 Å². The van der Waals surface area contributed by atoms with E-state index >= 15 is 0 Å². The van der Waals surface area contributed by atoms with Crippen LogP contribution >= 0.6 is 0 Å². The number of hydrogen-bond acceptors (Lipinski definition) is 5. The Balaban J connectivity index is 1.52. The second-order valence-electron chi connectivity index (χ2n) is 8.18. The summed E-state index contributed by atoms with van der Waals surface area (Å²) in [7, 11) is -3.81.